The predicted octanol–water partition coefficient (Wildman–Crippen LogP) is 12.2. The third-order valence-corrected chi connectivity index (χ3v) is 10.5. The number of para-hydroxylation sites is 2. The minimum Gasteiger partial charge on any atom is -0.653 e. The average molecular weight is 610 g/mol. The van der Waals surface area contributed by atoms with E-state index in [4.69, 9.17) is 14.2 Å². The molecule has 0 bridgehead atoms. The summed E-state index contributed by atoms with van der Waals surface area (Å²) in [4.78, 5) is 0. The largest absolute Gasteiger partial charge is 0.653 e. The summed E-state index contributed by atoms with van der Waals surface area (Å²) >= 11 is 0. The van der Waals surface area contributed by atoms with Crippen LogP contribution in [0.2, 0.25) is 0 Å². The van der Waals surface area contributed by atoms with Crippen molar-refractivity contribution in [2.45, 2.75) is 37.6 Å². The van der Waals surface area contributed by atoms with Crippen molar-refractivity contribution in [3.05, 3.63) is 138 Å². The van der Waals surface area contributed by atoms with Gasteiger partial charge in [-0.1, -0.05) is 91.6 Å². The first-order valence-electron chi connectivity index (χ1n) is 16.8. The molecule has 47 heavy (non-hydrogen) atoms. The third kappa shape index (κ3) is 4.11. The van der Waals surface area contributed by atoms with E-state index in [1.807, 2.05) is 0 Å². The molecule has 0 amide bonds. The van der Waals surface area contributed by atoms with Gasteiger partial charge in [0.05, 0.1) is 11.0 Å². The number of benzene rings is 5. The number of hydrogen-bond donors (Lipinski definition) is 0. The van der Waals surface area contributed by atoms with E-state index in [2.05, 4.69) is 132 Å². The van der Waals surface area contributed by atoms with Gasteiger partial charge in [0.2, 0.25) is 0 Å². The van der Waals surface area contributed by atoms with Crippen molar-refractivity contribution in [2.24, 2.45) is 0 Å². The maximum absolute atomic E-state index is 6.51. The van der Waals surface area contributed by atoms with Crippen molar-refractivity contribution in [1.82, 2.24) is 4.57 Å². The fourth-order valence-corrected chi connectivity index (χ4v) is 8.09. The predicted molar refractivity (Wildman–Crippen MR) is 194 cm³/mol. The first kappa shape index (κ1) is 26.9. The van der Waals surface area contributed by atoms with Crippen LogP contribution < -0.4 is 0 Å². The second-order valence-corrected chi connectivity index (χ2v) is 13.1. The summed E-state index contributed by atoms with van der Waals surface area (Å²) in [6.45, 7) is 0.925. The van der Waals surface area contributed by atoms with E-state index in [9.17, 15) is 0 Å². The highest BCUT2D eigenvalue weighted by Gasteiger charge is 2.32. The topological polar surface area (TPSA) is 45.3 Å². The zero-order chi connectivity index (χ0) is 31.0. The molecule has 0 unspecified atom stereocenters. The highest BCUT2D eigenvalue weighted by Crippen LogP contribution is 2.52. The van der Waals surface area contributed by atoms with Gasteiger partial charge in [-0.25, -0.2) is 0 Å². The molecular weight excluding hydrogens is 576 g/mol. The van der Waals surface area contributed by atoms with E-state index in [-0.39, 0.29) is 5.54 Å². The summed E-state index contributed by atoms with van der Waals surface area (Å²) in [5.74, 6) is 0.945. The van der Waals surface area contributed by atoms with Crippen LogP contribution in [0.4, 0.5) is 0 Å². The molecule has 1 spiro atoms. The summed E-state index contributed by atoms with van der Waals surface area (Å²) in [5.41, 5.74) is 9.69. The highest BCUT2D eigenvalue weighted by atomic mass is 16.3. The molecule has 1 saturated heterocycles. The maximum atomic E-state index is 6.51. The van der Waals surface area contributed by atoms with Crippen molar-refractivity contribution in [1.29, 1.82) is 0 Å². The first-order valence-corrected chi connectivity index (χ1v) is 16.8. The Morgan fingerprint density at radius 1 is 0.596 bits per heavy atom. The standard InChI is InChI=1S/C43H33N2O2/c1-2-4-10-22-43(23-24-44-43)42-35-26-29(17-20-40(35)47-41(42)15-5-3-1)28-16-19-38-33(25-28)34-27-30(18-21-39(34)46-38)45-36-13-8-6-11-31(36)32-12-7-9-14-37(32)45/h1,3,5-9,11-21,25-27H,2,4,10,22-24H2/q-1/b3-1+,15-5-/t43-/m0/s1. The van der Waals surface area contributed by atoms with Crippen molar-refractivity contribution < 1.29 is 8.83 Å². The Bertz CT molecular complexity index is 2520. The SMILES string of the molecule is C1=C\c2oc3ccc(-c4ccc5oc6ccc(-n7c8ccccc8c8ccccc87)cc6c5c4)cc3c2[C@]2(CCCC/C=C/1)CC[N-]2. The van der Waals surface area contributed by atoms with E-state index in [0.717, 1.165) is 70.3 Å². The zero-order valence-corrected chi connectivity index (χ0v) is 26.1. The summed E-state index contributed by atoms with van der Waals surface area (Å²) in [6.07, 6.45) is 14.3. The van der Waals surface area contributed by atoms with Crippen LogP contribution >= 0.6 is 0 Å². The van der Waals surface area contributed by atoms with Crippen molar-refractivity contribution in [2.75, 3.05) is 6.54 Å². The van der Waals surface area contributed by atoms with E-state index in [0.29, 0.717) is 0 Å². The number of nitrogens with zero attached hydrogens (tertiary/aromatic N) is 2. The monoisotopic (exact) mass is 609 g/mol. The molecule has 1 aliphatic heterocycles. The van der Waals surface area contributed by atoms with Gasteiger partial charge in [0.15, 0.2) is 0 Å². The van der Waals surface area contributed by atoms with Crippen LogP contribution in [0.1, 0.15) is 43.4 Å². The van der Waals surface area contributed by atoms with Gasteiger partial charge in [0.1, 0.15) is 22.5 Å². The molecule has 4 nitrogen and oxygen atoms in total. The van der Waals surface area contributed by atoms with Gasteiger partial charge in [0, 0.05) is 32.6 Å². The second kappa shape index (κ2) is 10.3. The quantitative estimate of drug-likeness (QED) is 0.196. The minimum atomic E-state index is -0.151. The van der Waals surface area contributed by atoms with E-state index < -0.39 is 0 Å². The van der Waals surface area contributed by atoms with Gasteiger partial charge in [-0.3, -0.25) is 0 Å². The lowest BCUT2D eigenvalue weighted by Crippen LogP contribution is -2.36. The molecule has 5 aromatic carbocycles. The Hall–Kier alpha value is -5.32. The molecule has 4 heteroatoms. The lowest BCUT2D eigenvalue weighted by molar-refractivity contribution is 0.347. The number of furan rings is 2. The molecule has 0 radical (unpaired) electrons. The normalized spacial score (nSPS) is 19.7. The van der Waals surface area contributed by atoms with Crippen LogP contribution in [0, 0.1) is 0 Å². The number of aromatic nitrogens is 1. The summed E-state index contributed by atoms with van der Waals surface area (Å²) < 4.78 is 15.3. The molecule has 8 aromatic rings. The molecule has 2 aliphatic rings. The van der Waals surface area contributed by atoms with Crippen molar-refractivity contribution >= 4 is 60.8 Å². The highest BCUT2D eigenvalue weighted by molar-refractivity contribution is 6.11. The molecular formula is C43H33N2O2-. The Morgan fingerprint density at radius 2 is 1.26 bits per heavy atom. The average Bonchev–Trinajstić information content (AvgIpc) is 3.74. The fourth-order valence-electron chi connectivity index (χ4n) is 8.09. The van der Waals surface area contributed by atoms with Gasteiger partial charge in [-0.15, -0.1) is 6.54 Å². The van der Waals surface area contributed by atoms with Crippen LogP contribution in [0.5, 0.6) is 0 Å². The Morgan fingerprint density at radius 3 is 1.98 bits per heavy atom. The van der Waals surface area contributed by atoms with Crippen LogP contribution in [-0.2, 0) is 5.54 Å². The number of allylic oxidation sites excluding steroid dienone is 3. The molecule has 1 fully saturated rings. The molecule has 3 aromatic heterocycles. The Kier molecular flexibility index (Phi) is 5.91. The molecule has 1 aliphatic carbocycles. The Labute approximate surface area is 272 Å². The van der Waals surface area contributed by atoms with Crippen molar-refractivity contribution in [3.8, 4) is 16.8 Å². The van der Waals surface area contributed by atoms with Crippen LogP contribution in [0.3, 0.4) is 0 Å². The maximum Gasteiger partial charge on any atom is 0.135 e. The van der Waals surface area contributed by atoms with Gasteiger partial charge < -0.3 is 18.7 Å². The molecule has 4 heterocycles. The van der Waals surface area contributed by atoms with Gasteiger partial charge >= 0.3 is 0 Å². The van der Waals surface area contributed by atoms with Gasteiger partial charge in [-0.05, 0) is 90.2 Å². The van der Waals surface area contributed by atoms with Crippen LogP contribution in [0.15, 0.2) is 130 Å². The van der Waals surface area contributed by atoms with Crippen molar-refractivity contribution in [3.63, 3.8) is 0 Å². The Balaban J connectivity index is 1.13. The lowest BCUT2D eigenvalue weighted by atomic mass is 9.75. The smallest absolute Gasteiger partial charge is 0.135 e. The molecule has 1 atom stereocenters. The molecule has 10 rings (SSSR count). The molecule has 228 valence electrons. The van der Waals surface area contributed by atoms with E-state index in [1.54, 1.807) is 0 Å². The molecule has 0 saturated carbocycles. The summed E-state index contributed by atoms with van der Waals surface area (Å²) in [5, 5.41) is 11.1. The fraction of sp³-hybridized carbons (Fsp3) is 0.163. The first-order chi connectivity index (χ1) is 23.3. The third-order valence-electron chi connectivity index (χ3n) is 10.5. The lowest BCUT2D eigenvalue weighted by Gasteiger charge is -2.58. The van der Waals surface area contributed by atoms with E-state index in [1.165, 1.54) is 51.2 Å². The molecule has 0 N–H and O–H groups in total. The second-order valence-electron chi connectivity index (χ2n) is 13.1. The number of rotatable bonds is 2. The number of hydrogen-bond acceptors (Lipinski definition) is 2. The van der Waals surface area contributed by atoms with Crippen LogP contribution in [-0.4, -0.2) is 11.1 Å². The zero-order valence-electron chi connectivity index (χ0n) is 26.1. The van der Waals surface area contributed by atoms with E-state index >= 15 is 0 Å². The summed E-state index contributed by atoms with van der Waals surface area (Å²) in [7, 11) is 0. The van der Waals surface area contributed by atoms with Gasteiger partial charge in [-0.2, -0.15) is 0 Å². The summed E-state index contributed by atoms with van der Waals surface area (Å²) in [6, 6.07) is 37.1. The van der Waals surface area contributed by atoms with Crippen LogP contribution in [0.25, 0.3) is 82.9 Å². The minimum absolute atomic E-state index is 0.151. The number of fused-ring (bicyclic) bond motifs is 10. The van der Waals surface area contributed by atoms with Gasteiger partial charge in [0.25, 0.3) is 0 Å².